The third-order valence-electron chi connectivity index (χ3n) is 2.97. The van der Waals surface area contributed by atoms with E-state index in [1.54, 1.807) is 13.2 Å². The predicted octanol–water partition coefficient (Wildman–Crippen LogP) is 2.22. The number of benzene rings is 1. The highest BCUT2D eigenvalue weighted by atomic mass is 16.5. The molecule has 0 aliphatic rings. The Balaban J connectivity index is 2.05. The molecule has 1 heterocycles. The minimum atomic E-state index is -0.0687. The average Bonchev–Trinajstić information content (AvgIpc) is 2.71. The summed E-state index contributed by atoms with van der Waals surface area (Å²) in [5, 5.41) is 9.80. The van der Waals surface area contributed by atoms with E-state index in [1.807, 2.05) is 32.0 Å². The summed E-state index contributed by atoms with van der Waals surface area (Å²) < 4.78 is 5.11. The molecular weight excluding hydrogens is 242 g/mol. The Morgan fingerprint density at radius 3 is 2.84 bits per heavy atom. The van der Waals surface area contributed by atoms with Gasteiger partial charge < -0.3 is 10.1 Å². The van der Waals surface area contributed by atoms with Crippen LogP contribution in [0.4, 0.5) is 5.69 Å². The first-order chi connectivity index (χ1) is 9.10. The van der Waals surface area contributed by atoms with Crippen molar-refractivity contribution >= 4 is 11.6 Å². The van der Waals surface area contributed by atoms with Gasteiger partial charge in [0.15, 0.2) is 0 Å². The van der Waals surface area contributed by atoms with Gasteiger partial charge >= 0.3 is 0 Å². The van der Waals surface area contributed by atoms with E-state index in [4.69, 9.17) is 4.74 Å². The lowest BCUT2D eigenvalue weighted by Gasteiger charge is -2.07. The molecule has 0 radical (unpaired) electrons. The van der Waals surface area contributed by atoms with E-state index in [0.29, 0.717) is 12.2 Å². The number of ether oxygens (including phenoxy) is 1. The van der Waals surface area contributed by atoms with Gasteiger partial charge in [-0.05, 0) is 26.0 Å². The van der Waals surface area contributed by atoms with Crippen LogP contribution in [0.1, 0.15) is 17.0 Å². The molecule has 0 saturated carbocycles. The molecular formula is C14H17N3O2. The number of hydrogen-bond donors (Lipinski definition) is 2. The molecule has 19 heavy (non-hydrogen) atoms. The molecule has 2 N–H and O–H groups in total. The van der Waals surface area contributed by atoms with Gasteiger partial charge in [-0.25, -0.2) is 0 Å². The van der Waals surface area contributed by atoms with Gasteiger partial charge in [-0.3, -0.25) is 9.89 Å². The lowest BCUT2D eigenvalue weighted by atomic mass is 10.1. The first-order valence-electron chi connectivity index (χ1n) is 6.04. The Labute approximate surface area is 112 Å². The van der Waals surface area contributed by atoms with Crippen LogP contribution in [0.25, 0.3) is 0 Å². The Morgan fingerprint density at radius 1 is 1.42 bits per heavy atom. The average molecular weight is 259 g/mol. The number of methoxy groups -OCH3 is 1. The van der Waals surface area contributed by atoms with Gasteiger partial charge in [-0.1, -0.05) is 6.07 Å². The predicted molar refractivity (Wildman–Crippen MR) is 73.4 cm³/mol. The minimum Gasteiger partial charge on any atom is -0.497 e. The van der Waals surface area contributed by atoms with Gasteiger partial charge in [0, 0.05) is 23.0 Å². The Hall–Kier alpha value is -2.30. The van der Waals surface area contributed by atoms with Gasteiger partial charge in [0.1, 0.15) is 5.75 Å². The second-order valence-corrected chi connectivity index (χ2v) is 4.37. The number of amides is 1. The van der Waals surface area contributed by atoms with Gasteiger partial charge in [0.05, 0.1) is 19.2 Å². The van der Waals surface area contributed by atoms with E-state index in [1.165, 1.54) is 0 Å². The van der Waals surface area contributed by atoms with Crippen molar-refractivity contribution in [1.29, 1.82) is 0 Å². The molecule has 0 atom stereocenters. The first kappa shape index (κ1) is 13.1. The molecule has 2 rings (SSSR count). The fourth-order valence-electron chi connectivity index (χ4n) is 1.90. The zero-order valence-electron chi connectivity index (χ0n) is 11.3. The number of aromatic amines is 1. The molecule has 2 aromatic rings. The number of hydrogen-bond acceptors (Lipinski definition) is 3. The highest BCUT2D eigenvalue weighted by molar-refractivity contribution is 5.92. The molecule has 0 unspecified atom stereocenters. The summed E-state index contributed by atoms with van der Waals surface area (Å²) in [7, 11) is 1.60. The highest BCUT2D eigenvalue weighted by Crippen LogP contribution is 2.17. The van der Waals surface area contributed by atoms with Crippen LogP contribution in [0.3, 0.4) is 0 Å². The van der Waals surface area contributed by atoms with Crippen molar-refractivity contribution in [3.05, 3.63) is 41.2 Å². The summed E-state index contributed by atoms with van der Waals surface area (Å²) in [4.78, 5) is 12.0. The highest BCUT2D eigenvalue weighted by Gasteiger charge is 2.11. The second-order valence-electron chi connectivity index (χ2n) is 4.37. The summed E-state index contributed by atoms with van der Waals surface area (Å²) in [6.07, 6.45) is 0.311. The number of carbonyl (C=O) groups excluding carboxylic acids is 1. The number of nitrogens with zero attached hydrogens (tertiary/aromatic N) is 1. The zero-order chi connectivity index (χ0) is 13.8. The summed E-state index contributed by atoms with van der Waals surface area (Å²) in [5.41, 5.74) is 3.46. The molecule has 0 aliphatic carbocycles. The lowest BCUT2D eigenvalue weighted by Crippen LogP contribution is -2.15. The molecule has 100 valence electrons. The van der Waals surface area contributed by atoms with Crippen molar-refractivity contribution in [3.8, 4) is 5.75 Å². The largest absolute Gasteiger partial charge is 0.497 e. The van der Waals surface area contributed by atoms with Gasteiger partial charge in [-0.2, -0.15) is 5.10 Å². The van der Waals surface area contributed by atoms with Crippen LogP contribution in [0.2, 0.25) is 0 Å². The summed E-state index contributed by atoms with van der Waals surface area (Å²) in [6.45, 7) is 3.80. The summed E-state index contributed by atoms with van der Waals surface area (Å²) in [5.74, 6) is 0.648. The third kappa shape index (κ3) is 3.13. The molecule has 5 nitrogen and oxygen atoms in total. The number of carbonyl (C=O) groups is 1. The maximum absolute atomic E-state index is 12.0. The van der Waals surface area contributed by atoms with E-state index in [9.17, 15) is 4.79 Å². The standard InChI is InChI=1S/C14H17N3O2/c1-9-13(10(2)17-16-9)8-14(18)15-11-5-4-6-12(7-11)19-3/h4-7H,8H2,1-3H3,(H,15,18)(H,16,17). The maximum atomic E-state index is 12.0. The van der Waals surface area contributed by atoms with Gasteiger partial charge in [0.2, 0.25) is 5.91 Å². The zero-order valence-corrected chi connectivity index (χ0v) is 11.3. The summed E-state index contributed by atoms with van der Waals surface area (Å²) in [6, 6.07) is 7.28. The lowest BCUT2D eigenvalue weighted by molar-refractivity contribution is -0.115. The number of anilines is 1. The van der Waals surface area contributed by atoms with Crippen LogP contribution < -0.4 is 10.1 Å². The van der Waals surface area contributed by atoms with Gasteiger partial charge in [0.25, 0.3) is 0 Å². The van der Waals surface area contributed by atoms with Gasteiger partial charge in [-0.15, -0.1) is 0 Å². The van der Waals surface area contributed by atoms with E-state index in [-0.39, 0.29) is 5.91 Å². The third-order valence-corrected chi connectivity index (χ3v) is 2.97. The van der Waals surface area contributed by atoms with E-state index >= 15 is 0 Å². The van der Waals surface area contributed by atoms with Crippen LogP contribution in [-0.2, 0) is 11.2 Å². The van der Waals surface area contributed by atoms with E-state index < -0.39 is 0 Å². The van der Waals surface area contributed by atoms with Crippen molar-refractivity contribution in [3.63, 3.8) is 0 Å². The fraction of sp³-hybridized carbons (Fsp3) is 0.286. The molecule has 0 saturated heterocycles. The Morgan fingerprint density at radius 2 is 2.21 bits per heavy atom. The summed E-state index contributed by atoms with van der Waals surface area (Å²) >= 11 is 0. The minimum absolute atomic E-state index is 0.0687. The number of aromatic nitrogens is 2. The molecule has 0 aliphatic heterocycles. The topological polar surface area (TPSA) is 67.0 Å². The monoisotopic (exact) mass is 259 g/mol. The fourth-order valence-corrected chi connectivity index (χ4v) is 1.90. The molecule has 1 aromatic carbocycles. The first-order valence-corrected chi connectivity index (χ1v) is 6.04. The molecule has 1 aromatic heterocycles. The van der Waals surface area contributed by atoms with Crippen LogP contribution in [-0.4, -0.2) is 23.2 Å². The van der Waals surface area contributed by atoms with Crippen molar-refractivity contribution in [2.24, 2.45) is 0 Å². The van der Waals surface area contributed by atoms with Crippen LogP contribution in [0.5, 0.6) is 5.75 Å². The quantitative estimate of drug-likeness (QED) is 0.884. The van der Waals surface area contributed by atoms with E-state index in [0.717, 1.165) is 22.6 Å². The molecule has 0 spiro atoms. The Bertz CT molecular complexity index is 571. The number of rotatable bonds is 4. The maximum Gasteiger partial charge on any atom is 0.228 e. The molecule has 1 amide bonds. The van der Waals surface area contributed by atoms with Crippen LogP contribution >= 0.6 is 0 Å². The molecule has 0 fully saturated rings. The normalized spacial score (nSPS) is 10.3. The Kier molecular flexibility index (Phi) is 3.85. The van der Waals surface area contributed by atoms with E-state index in [2.05, 4.69) is 15.5 Å². The number of aryl methyl sites for hydroxylation is 2. The van der Waals surface area contributed by atoms with Crippen LogP contribution in [0, 0.1) is 13.8 Å². The smallest absolute Gasteiger partial charge is 0.228 e. The van der Waals surface area contributed by atoms with Crippen molar-refractivity contribution in [2.45, 2.75) is 20.3 Å². The SMILES string of the molecule is COc1cccc(NC(=O)Cc2c(C)n[nH]c2C)c1. The number of H-pyrrole nitrogens is 1. The van der Waals surface area contributed by atoms with Crippen LogP contribution in [0.15, 0.2) is 24.3 Å². The van der Waals surface area contributed by atoms with Crippen molar-refractivity contribution < 1.29 is 9.53 Å². The molecule has 0 bridgehead atoms. The number of nitrogens with one attached hydrogen (secondary N) is 2. The van der Waals surface area contributed by atoms with Crippen molar-refractivity contribution in [2.75, 3.05) is 12.4 Å². The molecule has 5 heteroatoms. The second kappa shape index (κ2) is 5.56. The van der Waals surface area contributed by atoms with Crippen molar-refractivity contribution in [1.82, 2.24) is 10.2 Å².